The summed E-state index contributed by atoms with van der Waals surface area (Å²) >= 11 is 5.35. The van der Waals surface area contributed by atoms with E-state index in [1.165, 1.54) is 17.8 Å². The highest BCUT2D eigenvalue weighted by Gasteiger charge is 2.34. The molecule has 1 aliphatic heterocycles. The quantitative estimate of drug-likeness (QED) is 0.501. The minimum atomic E-state index is -2.10. The number of aromatic nitrogens is 1. The van der Waals surface area contributed by atoms with Gasteiger partial charge in [-0.05, 0) is 48.4 Å². The molecule has 0 fully saturated rings. The second-order valence-corrected chi connectivity index (χ2v) is 7.83. The third-order valence-electron chi connectivity index (χ3n) is 5.32. The lowest BCUT2D eigenvalue weighted by Crippen LogP contribution is -2.30. The molecule has 2 unspecified atom stereocenters. The van der Waals surface area contributed by atoms with E-state index < -0.39 is 11.3 Å². The number of rotatable bonds is 4. The first-order valence-electron chi connectivity index (χ1n) is 8.87. The number of anilines is 1. The monoisotopic (exact) mass is 386 g/mol. The van der Waals surface area contributed by atoms with Crippen LogP contribution in [0.4, 0.5) is 14.5 Å². The van der Waals surface area contributed by atoms with Crippen LogP contribution in [-0.4, -0.2) is 15.9 Å². The zero-order chi connectivity index (χ0) is 19.3. The molecule has 2 heterocycles. The van der Waals surface area contributed by atoms with Crippen molar-refractivity contribution in [2.45, 2.75) is 31.2 Å². The Labute approximate surface area is 162 Å². The molecule has 0 bridgehead atoms. The van der Waals surface area contributed by atoms with Gasteiger partial charge in [0.05, 0.1) is 0 Å². The SMILES string of the molecule is C=C1c2cc(CC(C)(F)C(F)Cl)ccc2CN1c1ccc2c(ccn2C)c1. The van der Waals surface area contributed by atoms with Gasteiger partial charge in [0.1, 0.15) is 0 Å². The predicted molar refractivity (Wildman–Crippen MR) is 109 cm³/mol. The Kier molecular flexibility index (Phi) is 4.26. The van der Waals surface area contributed by atoms with E-state index in [0.29, 0.717) is 12.1 Å². The molecule has 0 saturated carbocycles. The van der Waals surface area contributed by atoms with Crippen molar-refractivity contribution >= 4 is 33.9 Å². The first-order valence-corrected chi connectivity index (χ1v) is 9.31. The van der Waals surface area contributed by atoms with Gasteiger partial charge in [-0.1, -0.05) is 30.3 Å². The number of aryl methyl sites for hydroxylation is 1. The second-order valence-electron chi connectivity index (χ2n) is 7.45. The fraction of sp³-hybridized carbons (Fsp3) is 0.273. The first-order chi connectivity index (χ1) is 12.8. The Morgan fingerprint density at radius 2 is 2.00 bits per heavy atom. The number of fused-ring (bicyclic) bond motifs is 2. The lowest BCUT2D eigenvalue weighted by molar-refractivity contribution is 0.116. The molecule has 1 aromatic heterocycles. The molecule has 2 nitrogen and oxygen atoms in total. The van der Waals surface area contributed by atoms with E-state index in [4.69, 9.17) is 11.6 Å². The molecule has 4 rings (SSSR count). The summed E-state index contributed by atoms with van der Waals surface area (Å²) in [6.07, 6.45) is 1.96. The third kappa shape index (κ3) is 3.12. The Morgan fingerprint density at radius 1 is 1.22 bits per heavy atom. The topological polar surface area (TPSA) is 8.17 Å². The van der Waals surface area contributed by atoms with Gasteiger partial charge in [-0.25, -0.2) is 8.78 Å². The number of benzene rings is 2. The fourth-order valence-corrected chi connectivity index (χ4v) is 3.79. The number of hydrogen-bond donors (Lipinski definition) is 0. The maximum absolute atomic E-state index is 14.3. The molecule has 0 N–H and O–H groups in total. The molecule has 0 aliphatic carbocycles. The molecule has 1 aliphatic rings. The summed E-state index contributed by atoms with van der Waals surface area (Å²) in [4.78, 5) is 2.15. The van der Waals surface area contributed by atoms with Crippen molar-refractivity contribution in [1.82, 2.24) is 4.57 Å². The Morgan fingerprint density at radius 3 is 2.74 bits per heavy atom. The van der Waals surface area contributed by atoms with E-state index in [2.05, 4.69) is 40.3 Å². The predicted octanol–water partition coefficient (Wildman–Crippen LogP) is 5.97. The molecule has 0 spiro atoms. The van der Waals surface area contributed by atoms with Crippen molar-refractivity contribution in [3.63, 3.8) is 0 Å². The highest BCUT2D eigenvalue weighted by molar-refractivity contribution is 6.20. The van der Waals surface area contributed by atoms with E-state index in [1.807, 2.05) is 31.4 Å². The van der Waals surface area contributed by atoms with Crippen LogP contribution in [0.25, 0.3) is 16.6 Å². The Hall–Kier alpha value is -2.33. The van der Waals surface area contributed by atoms with Crippen LogP contribution in [0, 0.1) is 0 Å². The highest BCUT2D eigenvalue weighted by atomic mass is 35.5. The van der Waals surface area contributed by atoms with E-state index in [1.54, 1.807) is 0 Å². The maximum Gasteiger partial charge on any atom is 0.207 e. The summed E-state index contributed by atoms with van der Waals surface area (Å²) in [5.41, 5.74) is 1.77. The molecule has 0 radical (unpaired) electrons. The Bertz CT molecular complexity index is 1040. The minimum Gasteiger partial charge on any atom is -0.351 e. The zero-order valence-corrected chi connectivity index (χ0v) is 16.1. The van der Waals surface area contributed by atoms with Crippen LogP contribution in [0.15, 0.2) is 55.2 Å². The van der Waals surface area contributed by atoms with Gasteiger partial charge in [0, 0.05) is 54.1 Å². The van der Waals surface area contributed by atoms with E-state index in [0.717, 1.165) is 22.5 Å². The first kappa shape index (κ1) is 18.1. The normalized spacial score (nSPS) is 17.2. The van der Waals surface area contributed by atoms with Crippen molar-refractivity contribution < 1.29 is 8.78 Å². The second kappa shape index (κ2) is 6.38. The van der Waals surface area contributed by atoms with E-state index in [-0.39, 0.29) is 6.42 Å². The molecular weight excluding hydrogens is 366 g/mol. The minimum absolute atomic E-state index is 0.0752. The summed E-state index contributed by atoms with van der Waals surface area (Å²) in [5.74, 6) is 0. The van der Waals surface area contributed by atoms with Gasteiger partial charge in [0.25, 0.3) is 0 Å². The zero-order valence-electron chi connectivity index (χ0n) is 15.3. The van der Waals surface area contributed by atoms with E-state index in [9.17, 15) is 8.78 Å². The van der Waals surface area contributed by atoms with Crippen molar-refractivity contribution in [2.24, 2.45) is 7.05 Å². The van der Waals surface area contributed by atoms with E-state index >= 15 is 0 Å². The van der Waals surface area contributed by atoms with Gasteiger partial charge in [0.2, 0.25) is 5.63 Å². The fourth-order valence-electron chi connectivity index (χ4n) is 3.71. The largest absolute Gasteiger partial charge is 0.351 e. The van der Waals surface area contributed by atoms with Crippen LogP contribution >= 0.6 is 11.6 Å². The molecule has 27 heavy (non-hydrogen) atoms. The summed E-state index contributed by atoms with van der Waals surface area (Å²) < 4.78 is 29.7. The highest BCUT2D eigenvalue weighted by Crippen LogP contribution is 2.38. The molecule has 5 heteroatoms. The third-order valence-corrected chi connectivity index (χ3v) is 5.78. The van der Waals surface area contributed by atoms with Gasteiger partial charge >= 0.3 is 0 Å². The van der Waals surface area contributed by atoms with Crippen molar-refractivity contribution in [1.29, 1.82) is 0 Å². The molecule has 2 atom stereocenters. The summed E-state index contributed by atoms with van der Waals surface area (Å²) in [7, 11) is 2.02. The Balaban J connectivity index is 1.63. The maximum atomic E-state index is 14.3. The van der Waals surface area contributed by atoms with Crippen LogP contribution in [0.1, 0.15) is 23.6 Å². The van der Waals surface area contributed by atoms with Gasteiger partial charge in [-0.2, -0.15) is 0 Å². The van der Waals surface area contributed by atoms with Gasteiger partial charge in [0.15, 0.2) is 5.67 Å². The number of nitrogens with zero attached hydrogens (tertiary/aromatic N) is 2. The number of hydrogen-bond acceptors (Lipinski definition) is 1. The van der Waals surface area contributed by atoms with Crippen molar-refractivity contribution in [2.75, 3.05) is 4.90 Å². The summed E-state index contributed by atoms with van der Waals surface area (Å²) in [6.45, 7) is 6.14. The molecule has 0 amide bonds. The average molecular weight is 387 g/mol. The van der Waals surface area contributed by atoms with Crippen molar-refractivity contribution in [3.8, 4) is 0 Å². The van der Waals surface area contributed by atoms with Gasteiger partial charge < -0.3 is 9.47 Å². The molecule has 2 aromatic carbocycles. The molecular formula is C22H21ClF2N2. The van der Waals surface area contributed by atoms with Crippen LogP contribution in [0.3, 0.4) is 0 Å². The smallest absolute Gasteiger partial charge is 0.207 e. The van der Waals surface area contributed by atoms with Crippen LogP contribution in [0.2, 0.25) is 0 Å². The molecule has 3 aromatic rings. The van der Waals surface area contributed by atoms with Gasteiger partial charge in [-0.3, -0.25) is 0 Å². The average Bonchev–Trinajstić information content (AvgIpc) is 3.15. The molecule has 0 saturated heterocycles. The standard InChI is InChI=1S/C22H21ClF2N2/c1-14-19-10-15(12-22(2,25)21(23)24)4-5-17(19)13-27(14)18-6-7-20-16(11-18)8-9-26(20)3/h4-11,21H,1,12-13H2,2-3H3. The number of alkyl halides is 3. The lowest BCUT2D eigenvalue weighted by Gasteiger charge is -2.21. The van der Waals surface area contributed by atoms with Gasteiger partial charge in [-0.15, -0.1) is 0 Å². The van der Waals surface area contributed by atoms with Crippen LogP contribution in [0.5, 0.6) is 0 Å². The van der Waals surface area contributed by atoms with Crippen LogP contribution in [-0.2, 0) is 20.0 Å². The number of halogens is 3. The summed E-state index contributed by atoms with van der Waals surface area (Å²) in [6, 6.07) is 14.1. The lowest BCUT2D eigenvalue weighted by atomic mass is 9.96. The summed E-state index contributed by atoms with van der Waals surface area (Å²) in [5, 5.41) is 1.17. The van der Waals surface area contributed by atoms with Crippen LogP contribution < -0.4 is 4.90 Å². The molecule has 140 valence electrons. The van der Waals surface area contributed by atoms with Crippen molar-refractivity contribution in [3.05, 3.63) is 71.9 Å².